The maximum Gasteiger partial charge on any atom is 0.289 e. The number of guanidine groups is 1. The predicted molar refractivity (Wildman–Crippen MR) is 105 cm³/mol. The SMILES string of the molecule is CCNC(=NCCN(C)C(C)CC)N1CCN(C(=O)c2ccco2)CC1. The van der Waals surface area contributed by atoms with Crippen molar-refractivity contribution < 1.29 is 9.21 Å². The standard InChI is InChI=1S/C19H33N5O2/c1-5-16(3)22(4)10-9-21-19(20-6-2)24-13-11-23(12-14-24)18(25)17-8-7-15-26-17/h7-8,15-16H,5-6,9-14H2,1-4H3,(H,20,21). The predicted octanol–water partition coefficient (Wildman–Crippen LogP) is 1.73. The molecule has 26 heavy (non-hydrogen) atoms. The number of carbonyl (C=O) groups excluding carboxylic acids is 1. The smallest absolute Gasteiger partial charge is 0.289 e. The molecule has 2 heterocycles. The molecule has 1 aliphatic heterocycles. The number of hydrogen-bond donors (Lipinski definition) is 1. The third kappa shape index (κ3) is 5.49. The first-order chi connectivity index (χ1) is 12.6. The van der Waals surface area contributed by atoms with Crippen molar-refractivity contribution in [1.29, 1.82) is 0 Å². The minimum absolute atomic E-state index is 0.0354. The zero-order valence-electron chi connectivity index (χ0n) is 16.6. The fraction of sp³-hybridized carbons (Fsp3) is 0.684. The summed E-state index contributed by atoms with van der Waals surface area (Å²) in [5.41, 5.74) is 0. The van der Waals surface area contributed by atoms with Crippen LogP contribution < -0.4 is 5.32 Å². The second-order valence-electron chi connectivity index (χ2n) is 6.73. The van der Waals surface area contributed by atoms with E-state index in [0.29, 0.717) is 24.9 Å². The van der Waals surface area contributed by atoms with Crippen molar-refractivity contribution in [1.82, 2.24) is 20.0 Å². The topological polar surface area (TPSA) is 64.3 Å². The van der Waals surface area contributed by atoms with Crippen molar-refractivity contribution in [3.63, 3.8) is 0 Å². The van der Waals surface area contributed by atoms with E-state index in [9.17, 15) is 4.79 Å². The summed E-state index contributed by atoms with van der Waals surface area (Å²) in [4.78, 5) is 23.6. The molecular formula is C19H33N5O2. The zero-order valence-corrected chi connectivity index (χ0v) is 16.6. The molecule has 146 valence electrons. The van der Waals surface area contributed by atoms with E-state index in [1.807, 2.05) is 4.90 Å². The first-order valence-corrected chi connectivity index (χ1v) is 9.63. The molecule has 1 atom stereocenters. The lowest BCUT2D eigenvalue weighted by Crippen LogP contribution is -2.53. The Labute approximate surface area is 157 Å². The van der Waals surface area contributed by atoms with Gasteiger partial charge in [-0.25, -0.2) is 0 Å². The van der Waals surface area contributed by atoms with E-state index in [1.54, 1.807) is 12.1 Å². The summed E-state index contributed by atoms with van der Waals surface area (Å²) in [6, 6.07) is 4.04. The van der Waals surface area contributed by atoms with Gasteiger partial charge in [0.1, 0.15) is 0 Å². The summed E-state index contributed by atoms with van der Waals surface area (Å²) in [7, 11) is 2.15. The molecule has 1 fully saturated rings. The second-order valence-corrected chi connectivity index (χ2v) is 6.73. The van der Waals surface area contributed by atoms with Crippen molar-refractivity contribution in [2.45, 2.75) is 33.2 Å². The molecule has 0 radical (unpaired) electrons. The van der Waals surface area contributed by atoms with Gasteiger partial charge in [-0.15, -0.1) is 0 Å². The summed E-state index contributed by atoms with van der Waals surface area (Å²) in [6.45, 7) is 12.0. The molecule has 1 aromatic rings. The van der Waals surface area contributed by atoms with E-state index in [2.05, 4.69) is 42.9 Å². The number of aliphatic imine (C=N–C) groups is 1. The highest BCUT2D eigenvalue weighted by Crippen LogP contribution is 2.09. The van der Waals surface area contributed by atoms with E-state index in [-0.39, 0.29) is 5.91 Å². The lowest BCUT2D eigenvalue weighted by atomic mass is 10.2. The number of hydrogen-bond acceptors (Lipinski definition) is 4. The van der Waals surface area contributed by atoms with Gasteiger partial charge in [0.05, 0.1) is 12.8 Å². The van der Waals surface area contributed by atoms with Crippen molar-refractivity contribution in [3.8, 4) is 0 Å². The number of carbonyl (C=O) groups is 1. The zero-order chi connectivity index (χ0) is 18.9. The maximum atomic E-state index is 12.4. The average molecular weight is 364 g/mol. The van der Waals surface area contributed by atoms with Gasteiger partial charge in [-0.2, -0.15) is 0 Å². The molecule has 7 heteroatoms. The van der Waals surface area contributed by atoms with Crippen molar-refractivity contribution >= 4 is 11.9 Å². The Hall–Kier alpha value is -2.02. The third-order valence-electron chi connectivity index (χ3n) is 4.99. The molecule has 1 unspecified atom stereocenters. The number of rotatable bonds is 7. The van der Waals surface area contributed by atoms with E-state index in [1.165, 1.54) is 6.26 Å². The monoisotopic (exact) mass is 363 g/mol. The number of furan rings is 1. The fourth-order valence-electron chi connectivity index (χ4n) is 2.95. The number of nitrogens with one attached hydrogen (secondary N) is 1. The van der Waals surface area contributed by atoms with Gasteiger partial charge < -0.3 is 24.4 Å². The van der Waals surface area contributed by atoms with Gasteiger partial charge in [0.25, 0.3) is 5.91 Å². The number of likely N-dealkylation sites (N-methyl/N-ethyl adjacent to an activating group) is 1. The molecule has 0 saturated carbocycles. The summed E-state index contributed by atoms with van der Waals surface area (Å²) >= 11 is 0. The Morgan fingerprint density at radius 1 is 1.31 bits per heavy atom. The highest BCUT2D eigenvalue weighted by molar-refractivity contribution is 5.91. The number of amides is 1. The van der Waals surface area contributed by atoms with Gasteiger partial charge in [0.15, 0.2) is 11.7 Å². The molecule has 0 spiro atoms. The maximum absolute atomic E-state index is 12.4. The Kier molecular flexibility index (Phi) is 7.97. The summed E-state index contributed by atoms with van der Waals surface area (Å²) in [5, 5.41) is 3.38. The van der Waals surface area contributed by atoms with Crippen LogP contribution in [0, 0.1) is 0 Å². The normalized spacial score (nSPS) is 16.9. The van der Waals surface area contributed by atoms with Crippen molar-refractivity contribution in [2.75, 3.05) is 52.9 Å². The first-order valence-electron chi connectivity index (χ1n) is 9.63. The van der Waals surface area contributed by atoms with Gasteiger partial charge in [-0.1, -0.05) is 6.92 Å². The molecule has 2 rings (SSSR count). The van der Waals surface area contributed by atoms with Gasteiger partial charge in [-0.05, 0) is 39.4 Å². The van der Waals surface area contributed by atoms with Gasteiger partial charge >= 0.3 is 0 Å². The van der Waals surface area contributed by atoms with Gasteiger partial charge in [-0.3, -0.25) is 9.79 Å². The largest absolute Gasteiger partial charge is 0.459 e. The van der Waals surface area contributed by atoms with Crippen LogP contribution in [0.1, 0.15) is 37.7 Å². The first kappa shape index (κ1) is 20.3. The van der Waals surface area contributed by atoms with E-state index in [4.69, 9.17) is 9.41 Å². The lowest BCUT2D eigenvalue weighted by molar-refractivity contribution is 0.0657. The molecule has 0 aliphatic carbocycles. The molecule has 7 nitrogen and oxygen atoms in total. The Morgan fingerprint density at radius 3 is 2.58 bits per heavy atom. The average Bonchev–Trinajstić information content (AvgIpc) is 3.21. The molecular weight excluding hydrogens is 330 g/mol. The lowest BCUT2D eigenvalue weighted by Gasteiger charge is -2.36. The summed E-state index contributed by atoms with van der Waals surface area (Å²) in [6.07, 6.45) is 2.68. The van der Waals surface area contributed by atoms with Gasteiger partial charge in [0, 0.05) is 45.3 Å². The minimum Gasteiger partial charge on any atom is -0.459 e. The molecule has 0 aromatic carbocycles. The van der Waals surface area contributed by atoms with E-state index < -0.39 is 0 Å². The molecule has 1 amide bonds. The number of piperazine rings is 1. The molecule has 0 bridgehead atoms. The Balaban J connectivity index is 1.87. The second kappa shape index (κ2) is 10.2. The quantitative estimate of drug-likeness (QED) is 0.590. The van der Waals surface area contributed by atoms with Gasteiger partial charge in [0.2, 0.25) is 0 Å². The molecule has 1 aliphatic rings. The molecule has 1 N–H and O–H groups in total. The summed E-state index contributed by atoms with van der Waals surface area (Å²) < 4.78 is 5.22. The van der Waals surface area contributed by atoms with Crippen molar-refractivity contribution in [3.05, 3.63) is 24.2 Å². The van der Waals surface area contributed by atoms with Crippen LogP contribution in [-0.4, -0.2) is 85.5 Å². The Bertz CT molecular complexity index is 564. The molecule has 1 aromatic heterocycles. The van der Waals surface area contributed by atoms with Crippen molar-refractivity contribution in [2.24, 2.45) is 4.99 Å². The van der Waals surface area contributed by atoms with Crippen LogP contribution in [-0.2, 0) is 0 Å². The van der Waals surface area contributed by atoms with Crippen LogP contribution in [0.25, 0.3) is 0 Å². The van der Waals surface area contributed by atoms with Crippen LogP contribution >= 0.6 is 0 Å². The van der Waals surface area contributed by atoms with E-state index >= 15 is 0 Å². The number of nitrogens with zero attached hydrogens (tertiary/aromatic N) is 4. The fourth-order valence-corrected chi connectivity index (χ4v) is 2.95. The van der Waals surface area contributed by atoms with Crippen LogP contribution in [0.5, 0.6) is 0 Å². The highest BCUT2D eigenvalue weighted by Gasteiger charge is 2.25. The third-order valence-corrected chi connectivity index (χ3v) is 4.99. The van der Waals surface area contributed by atoms with Crippen LogP contribution in [0.2, 0.25) is 0 Å². The minimum atomic E-state index is -0.0354. The Morgan fingerprint density at radius 2 is 2.00 bits per heavy atom. The van der Waals surface area contributed by atoms with Crippen LogP contribution in [0.4, 0.5) is 0 Å². The molecule has 1 saturated heterocycles. The van der Waals surface area contributed by atoms with E-state index in [0.717, 1.165) is 45.1 Å². The summed E-state index contributed by atoms with van der Waals surface area (Å²) in [5.74, 6) is 1.31. The highest BCUT2D eigenvalue weighted by atomic mass is 16.3. The van der Waals surface area contributed by atoms with Crippen LogP contribution in [0.15, 0.2) is 27.8 Å². The van der Waals surface area contributed by atoms with Crippen LogP contribution in [0.3, 0.4) is 0 Å².